The van der Waals surface area contributed by atoms with Gasteiger partial charge in [-0.3, -0.25) is 0 Å². The van der Waals surface area contributed by atoms with Crippen molar-refractivity contribution in [2.24, 2.45) is 22.5 Å². The number of phenolic OH excluding ortho intramolecular Hbond substituents is 1. The van der Waals surface area contributed by atoms with Gasteiger partial charge in [0.1, 0.15) is 17.9 Å². The summed E-state index contributed by atoms with van der Waals surface area (Å²) in [5.74, 6) is 0.336. The van der Waals surface area contributed by atoms with Crippen LogP contribution in [-0.2, 0) is 9.53 Å². The molecule has 34 heavy (non-hydrogen) atoms. The molecule has 0 saturated heterocycles. The summed E-state index contributed by atoms with van der Waals surface area (Å²) >= 11 is 5.57. The van der Waals surface area contributed by atoms with Gasteiger partial charge < -0.3 is 20.3 Å². The van der Waals surface area contributed by atoms with E-state index in [2.05, 4.69) is 17.5 Å². The molecular formula is C24H32ClN3O6. The first kappa shape index (κ1) is 24.7. The molecule has 10 heteroatoms. The minimum absolute atomic E-state index is 0.0255. The number of hydrogen-bond acceptors (Lipinski definition) is 7. The van der Waals surface area contributed by atoms with Crippen molar-refractivity contribution in [2.45, 2.75) is 70.1 Å². The van der Waals surface area contributed by atoms with E-state index in [0.717, 1.165) is 36.8 Å². The lowest BCUT2D eigenvalue weighted by Gasteiger charge is -2.51. The monoisotopic (exact) mass is 493 g/mol. The first-order valence-corrected chi connectivity index (χ1v) is 12.4. The lowest BCUT2D eigenvalue weighted by atomic mass is 9.55. The summed E-state index contributed by atoms with van der Waals surface area (Å²) in [5.41, 5.74) is 1.72. The molecule has 3 aliphatic carbocycles. The zero-order chi connectivity index (χ0) is 24.6. The highest BCUT2D eigenvalue weighted by Crippen LogP contribution is 2.62. The molecule has 2 saturated carbocycles. The van der Waals surface area contributed by atoms with Crippen molar-refractivity contribution in [1.29, 1.82) is 0 Å². The number of hydrogen-bond donors (Lipinski definition) is 3. The third-order valence-corrected chi connectivity index (χ3v) is 8.44. The van der Waals surface area contributed by atoms with E-state index in [1.807, 2.05) is 6.07 Å². The van der Waals surface area contributed by atoms with Crippen LogP contribution in [0.25, 0.3) is 0 Å². The lowest BCUT2D eigenvalue weighted by Crippen LogP contribution is -2.47. The molecule has 0 radical (unpaired) electrons. The predicted molar refractivity (Wildman–Crippen MR) is 125 cm³/mol. The van der Waals surface area contributed by atoms with E-state index in [-0.39, 0.29) is 41.5 Å². The number of carbonyl (C=O) groups excluding carboxylic acids is 2. The molecule has 0 spiro atoms. The van der Waals surface area contributed by atoms with Crippen molar-refractivity contribution in [3.05, 3.63) is 34.2 Å². The van der Waals surface area contributed by atoms with E-state index in [9.17, 15) is 24.7 Å². The number of aliphatic hydroxyl groups excluding tert-OH is 1. The number of fused-ring (bicyclic) bond motifs is 5. The summed E-state index contributed by atoms with van der Waals surface area (Å²) in [6.07, 6.45) is 3.29. The van der Waals surface area contributed by atoms with Gasteiger partial charge in [0.2, 0.25) is 0 Å². The molecule has 0 aromatic heterocycles. The van der Waals surface area contributed by atoms with Gasteiger partial charge in [-0.2, -0.15) is 5.01 Å². The van der Waals surface area contributed by atoms with Crippen LogP contribution in [0.2, 0.25) is 0 Å². The van der Waals surface area contributed by atoms with Crippen LogP contribution in [0.5, 0.6) is 5.75 Å². The van der Waals surface area contributed by atoms with Crippen LogP contribution in [-0.4, -0.2) is 51.8 Å². The summed E-state index contributed by atoms with van der Waals surface area (Å²) in [6, 6.07) is 3.39. The largest absolute Gasteiger partial charge is 0.508 e. The zero-order valence-corrected chi connectivity index (χ0v) is 20.2. The third-order valence-electron chi connectivity index (χ3n) is 8.27. The Balaban J connectivity index is 1.54. The average Bonchev–Trinajstić information content (AvgIpc) is 3.11. The second kappa shape index (κ2) is 9.70. The molecule has 1 unspecified atom stereocenters. The first-order valence-electron chi connectivity index (χ1n) is 11.9. The van der Waals surface area contributed by atoms with Gasteiger partial charge in [0.15, 0.2) is 0 Å². The highest BCUT2D eigenvalue weighted by atomic mass is 35.5. The standard InChI is InChI=1S/C24H32ClN3O6/c1-13(26-23(32)28(27-33)10-9-25)22(31)34-20-12-17-16(15-4-3-14(29)11-18(15)20)7-8-24(2)19(17)5-6-21(24)30/h3-4,11,13,16-17,19-21,29-30H,5-10,12H2,1-2H3,(H,26,32)/t13?,16-,17-,19+,20+,21+,24+/m1/s1. The van der Waals surface area contributed by atoms with Crippen molar-refractivity contribution in [2.75, 3.05) is 12.4 Å². The highest BCUT2D eigenvalue weighted by Gasteiger charge is 2.55. The molecule has 3 N–H and O–H groups in total. The Morgan fingerprint density at radius 1 is 1.32 bits per heavy atom. The fraction of sp³-hybridized carbons (Fsp3) is 0.667. The van der Waals surface area contributed by atoms with E-state index in [1.165, 1.54) is 6.92 Å². The molecule has 0 heterocycles. The predicted octanol–water partition coefficient (Wildman–Crippen LogP) is 3.97. The molecule has 0 bridgehead atoms. The molecule has 1 aromatic rings. The number of halogens is 1. The summed E-state index contributed by atoms with van der Waals surface area (Å²) < 4.78 is 5.89. The summed E-state index contributed by atoms with van der Waals surface area (Å²) in [4.78, 5) is 36.0. The van der Waals surface area contributed by atoms with Crippen LogP contribution < -0.4 is 5.32 Å². The number of alkyl halides is 1. The van der Waals surface area contributed by atoms with Gasteiger partial charge >= 0.3 is 12.0 Å². The molecule has 0 aliphatic heterocycles. The maximum atomic E-state index is 12.9. The Morgan fingerprint density at radius 3 is 2.79 bits per heavy atom. The molecule has 9 nitrogen and oxygen atoms in total. The van der Waals surface area contributed by atoms with Gasteiger partial charge in [-0.15, -0.1) is 16.5 Å². The third kappa shape index (κ3) is 4.35. The Hall–Kier alpha value is -2.39. The van der Waals surface area contributed by atoms with E-state index in [0.29, 0.717) is 17.3 Å². The number of amides is 2. The van der Waals surface area contributed by atoms with Gasteiger partial charge in [0.25, 0.3) is 0 Å². The molecule has 7 atom stereocenters. The number of phenols is 1. The molecule has 3 aliphatic rings. The Morgan fingerprint density at radius 2 is 2.09 bits per heavy atom. The maximum Gasteiger partial charge on any atom is 0.341 e. The highest BCUT2D eigenvalue weighted by molar-refractivity contribution is 6.18. The van der Waals surface area contributed by atoms with Gasteiger partial charge in [-0.05, 0) is 85.5 Å². The number of carbonyl (C=O) groups is 2. The molecule has 2 fully saturated rings. The minimum atomic E-state index is -1.02. The van der Waals surface area contributed by atoms with Crippen LogP contribution in [0.1, 0.15) is 69.1 Å². The molecule has 2 amide bonds. The number of aromatic hydroxyl groups is 1. The second-order valence-electron chi connectivity index (χ2n) is 10.1. The number of rotatable bonds is 6. The van der Waals surface area contributed by atoms with E-state index >= 15 is 0 Å². The van der Waals surface area contributed by atoms with Crippen molar-refractivity contribution in [1.82, 2.24) is 10.3 Å². The summed E-state index contributed by atoms with van der Waals surface area (Å²) in [7, 11) is 0. The first-order chi connectivity index (χ1) is 16.2. The molecule has 4 rings (SSSR count). The van der Waals surface area contributed by atoms with E-state index in [1.54, 1.807) is 12.1 Å². The van der Waals surface area contributed by atoms with Gasteiger partial charge in [-0.1, -0.05) is 13.0 Å². The Kier molecular flexibility index (Phi) is 7.05. The lowest BCUT2D eigenvalue weighted by molar-refractivity contribution is -0.154. The van der Waals surface area contributed by atoms with Gasteiger partial charge in [0.05, 0.1) is 17.9 Å². The molecule has 1 aromatic carbocycles. The molecular weight excluding hydrogens is 462 g/mol. The number of esters is 1. The summed E-state index contributed by atoms with van der Waals surface area (Å²) in [6.45, 7) is 3.57. The van der Waals surface area contributed by atoms with Crippen LogP contribution in [0.3, 0.4) is 0 Å². The quantitative estimate of drug-likeness (QED) is 0.238. The normalized spacial score (nSPS) is 32.5. The minimum Gasteiger partial charge on any atom is -0.508 e. The van der Waals surface area contributed by atoms with Gasteiger partial charge in [0, 0.05) is 5.88 Å². The number of ether oxygens (including phenoxy) is 1. The van der Waals surface area contributed by atoms with E-state index < -0.39 is 24.1 Å². The number of nitrogens with one attached hydrogen (secondary N) is 1. The summed E-state index contributed by atoms with van der Waals surface area (Å²) in [5, 5.41) is 26.5. The number of benzene rings is 1. The van der Waals surface area contributed by atoms with Crippen LogP contribution in [0.4, 0.5) is 4.79 Å². The van der Waals surface area contributed by atoms with Crippen molar-refractivity contribution in [3.63, 3.8) is 0 Å². The number of urea groups is 1. The number of nitrogens with zero attached hydrogens (tertiary/aromatic N) is 2. The fourth-order valence-electron chi connectivity index (χ4n) is 6.46. The Bertz CT molecular complexity index is 961. The average molecular weight is 494 g/mol. The number of nitroso groups, excluding NO2 is 1. The van der Waals surface area contributed by atoms with Gasteiger partial charge in [-0.25, -0.2) is 9.59 Å². The fourth-order valence-corrected chi connectivity index (χ4v) is 6.62. The SMILES string of the molecule is CC(NC(=O)N(CCCl)N=O)C(=O)O[C@H]1C[C@@H]2[C@H](CC[C@]3(C)[C@@H](O)CC[C@@H]23)c2ccc(O)cc21. The van der Waals surface area contributed by atoms with Crippen LogP contribution in [0.15, 0.2) is 23.5 Å². The van der Waals surface area contributed by atoms with Crippen molar-refractivity contribution < 1.29 is 24.5 Å². The second-order valence-corrected chi connectivity index (χ2v) is 10.4. The van der Waals surface area contributed by atoms with Crippen molar-refractivity contribution in [3.8, 4) is 5.75 Å². The Labute approximate surface area is 203 Å². The molecule has 186 valence electrons. The number of aliphatic hydroxyl groups is 1. The van der Waals surface area contributed by atoms with Crippen molar-refractivity contribution >= 4 is 23.6 Å². The van der Waals surface area contributed by atoms with Crippen LogP contribution >= 0.6 is 11.6 Å². The maximum absolute atomic E-state index is 12.9. The topological polar surface area (TPSA) is 129 Å². The smallest absolute Gasteiger partial charge is 0.341 e. The zero-order valence-electron chi connectivity index (χ0n) is 19.4. The van der Waals surface area contributed by atoms with Crippen LogP contribution in [0, 0.1) is 22.2 Å². The van der Waals surface area contributed by atoms with E-state index in [4.69, 9.17) is 16.3 Å².